The van der Waals surface area contributed by atoms with Crippen LogP contribution in [0.25, 0.3) is 0 Å². The number of nitrogens with one attached hydrogen (secondary N) is 2. The maximum Gasteiger partial charge on any atom is 0.224 e. The molecule has 1 aliphatic rings. The molecule has 1 heterocycles. The molecule has 0 saturated carbocycles. The van der Waals surface area contributed by atoms with Crippen molar-refractivity contribution >= 4 is 38.9 Å². The van der Waals surface area contributed by atoms with Crippen LogP contribution in [0.2, 0.25) is 5.02 Å². The molecule has 0 bridgehead atoms. The Balaban J connectivity index is 1.45. The summed E-state index contributed by atoms with van der Waals surface area (Å²) in [5, 5.41) is 14.2. The van der Waals surface area contributed by atoms with Crippen molar-refractivity contribution in [2.75, 3.05) is 29.9 Å². The second-order valence-corrected chi connectivity index (χ2v) is 12.5. The average molecular weight is 522 g/mol. The van der Waals surface area contributed by atoms with E-state index in [4.69, 9.17) is 11.6 Å². The molecule has 3 N–H and O–H groups in total. The predicted molar refractivity (Wildman–Crippen MR) is 142 cm³/mol. The van der Waals surface area contributed by atoms with Crippen LogP contribution in [-0.4, -0.2) is 44.3 Å². The SMILES string of the molecule is CC(CCNS(=O)(=O)C(C)C)CC(=O)Nc1ccc(N2CCC(O)(c3ccc(Cl)cc3)CC2)cc1. The molecule has 0 spiro atoms. The molecular weight excluding hydrogens is 486 g/mol. The Morgan fingerprint density at radius 3 is 2.23 bits per heavy atom. The van der Waals surface area contributed by atoms with Gasteiger partial charge in [-0.15, -0.1) is 0 Å². The number of carbonyl (C=O) groups excluding carboxylic acids is 1. The fourth-order valence-electron chi connectivity index (χ4n) is 4.18. The second-order valence-electron chi connectivity index (χ2n) is 9.71. The fourth-order valence-corrected chi connectivity index (χ4v) is 5.05. The number of anilines is 2. The normalized spacial score (nSPS) is 16.8. The van der Waals surface area contributed by atoms with Crippen molar-refractivity contribution in [1.29, 1.82) is 0 Å². The maximum absolute atomic E-state index is 12.4. The molecule has 2 aromatic rings. The fraction of sp³-hybridized carbons (Fsp3) is 0.500. The Morgan fingerprint density at radius 1 is 1.06 bits per heavy atom. The summed E-state index contributed by atoms with van der Waals surface area (Å²) in [5.74, 6) is -0.0418. The number of amides is 1. The summed E-state index contributed by atoms with van der Waals surface area (Å²) in [4.78, 5) is 14.6. The molecule has 0 radical (unpaired) electrons. The van der Waals surface area contributed by atoms with Crippen molar-refractivity contribution in [2.24, 2.45) is 5.92 Å². The molecule has 35 heavy (non-hydrogen) atoms. The van der Waals surface area contributed by atoms with E-state index in [9.17, 15) is 18.3 Å². The van der Waals surface area contributed by atoms with Gasteiger partial charge in [0.2, 0.25) is 15.9 Å². The molecule has 1 amide bonds. The van der Waals surface area contributed by atoms with E-state index in [1.807, 2.05) is 55.5 Å². The van der Waals surface area contributed by atoms with E-state index in [0.29, 0.717) is 37.3 Å². The van der Waals surface area contributed by atoms with Crippen LogP contribution in [0.5, 0.6) is 0 Å². The number of halogens is 1. The number of aliphatic hydroxyl groups is 1. The zero-order valence-corrected chi connectivity index (χ0v) is 22.2. The lowest BCUT2D eigenvalue weighted by molar-refractivity contribution is -0.117. The first-order valence-electron chi connectivity index (χ1n) is 12.1. The summed E-state index contributed by atoms with van der Waals surface area (Å²) in [6.07, 6.45) is 2.16. The molecule has 0 aromatic heterocycles. The first-order valence-corrected chi connectivity index (χ1v) is 14.0. The zero-order chi connectivity index (χ0) is 25.6. The Bertz CT molecular complexity index is 1080. The first-order chi connectivity index (χ1) is 16.5. The van der Waals surface area contributed by atoms with Gasteiger partial charge in [-0.25, -0.2) is 13.1 Å². The van der Waals surface area contributed by atoms with Crippen LogP contribution in [0.4, 0.5) is 11.4 Å². The lowest BCUT2D eigenvalue weighted by Crippen LogP contribution is -2.42. The Kier molecular flexibility index (Phi) is 9.21. The smallest absolute Gasteiger partial charge is 0.224 e. The molecule has 7 nitrogen and oxygen atoms in total. The minimum atomic E-state index is -3.28. The van der Waals surface area contributed by atoms with Crippen LogP contribution in [0.15, 0.2) is 48.5 Å². The highest BCUT2D eigenvalue weighted by atomic mass is 35.5. The number of hydrogen-bond acceptors (Lipinski definition) is 5. The summed E-state index contributed by atoms with van der Waals surface area (Å²) < 4.78 is 26.2. The van der Waals surface area contributed by atoms with Crippen LogP contribution >= 0.6 is 11.6 Å². The molecule has 1 aliphatic heterocycles. The van der Waals surface area contributed by atoms with Crippen LogP contribution < -0.4 is 14.9 Å². The minimum Gasteiger partial charge on any atom is -0.385 e. The van der Waals surface area contributed by atoms with Gasteiger partial charge in [0.1, 0.15) is 0 Å². The van der Waals surface area contributed by atoms with Gasteiger partial charge in [-0.1, -0.05) is 30.7 Å². The van der Waals surface area contributed by atoms with E-state index in [2.05, 4.69) is 14.9 Å². The summed E-state index contributed by atoms with van der Waals surface area (Å²) in [6.45, 7) is 6.99. The second kappa shape index (κ2) is 11.7. The number of nitrogens with zero attached hydrogens (tertiary/aromatic N) is 1. The standard InChI is InChI=1S/C26H36ClN3O4S/c1-19(2)35(33,34)28-15-12-20(3)18-25(31)29-23-8-10-24(11-9-23)30-16-13-26(32,14-17-30)21-4-6-22(27)7-5-21/h4-11,19-20,28,32H,12-18H2,1-3H3,(H,29,31). The Morgan fingerprint density at radius 2 is 1.66 bits per heavy atom. The molecular formula is C26H36ClN3O4S. The van der Waals surface area contributed by atoms with Gasteiger partial charge in [0, 0.05) is 42.5 Å². The molecule has 3 rings (SSSR count). The van der Waals surface area contributed by atoms with Crippen molar-refractivity contribution in [3.63, 3.8) is 0 Å². The quantitative estimate of drug-likeness (QED) is 0.427. The lowest BCUT2D eigenvalue weighted by atomic mass is 9.84. The highest BCUT2D eigenvalue weighted by Crippen LogP contribution is 2.35. The highest BCUT2D eigenvalue weighted by Gasteiger charge is 2.34. The van der Waals surface area contributed by atoms with E-state index >= 15 is 0 Å². The van der Waals surface area contributed by atoms with Gasteiger partial charge >= 0.3 is 0 Å². The number of hydrogen-bond donors (Lipinski definition) is 3. The molecule has 0 aliphatic carbocycles. The number of rotatable bonds is 10. The van der Waals surface area contributed by atoms with E-state index in [1.54, 1.807) is 13.8 Å². The summed E-state index contributed by atoms with van der Waals surface area (Å²) in [6, 6.07) is 15.1. The highest BCUT2D eigenvalue weighted by molar-refractivity contribution is 7.90. The molecule has 1 atom stereocenters. The van der Waals surface area contributed by atoms with Crippen LogP contribution in [0, 0.1) is 5.92 Å². The number of benzene rings is 2. The minimum absolute atomic E-state index is 0.0527. The number of carbonyl (C=O) groups is 1. The van der Waals surface area contributed by atoms with Crippen molar-refractivity contribution in [3.8, 4) is 0 Å². The first kappa shape index (κ1) is 27.5. The van der Waals surface area contributed by atoms with Crippen molar-refractivity contribution in [1.82, 2.24) is 4.72 Å². The Labute approximate surface area is 213 Å². The average Bonchev–Trinajstić information content (AvgIpc) is 2.80. The number of piperidine rings is 1. The van der Waals surface area contributed by atoms with Gasteiger partial charge in [-0.2, -0.15) is 0 Å². The monoisotopic (exact) mass is 521 g/mol. The molecule has 1 unspecified atom stereocenters. The molecule has 9 heteroatoms. The van der Waals surface area contributed by atoms with Gasteiger partial charge in [0.05, 0.1) is 10.9 Å². The van der Waals surface area contributed by atoms with E-state index in [1.165, 1.54) is 0 Å². The topological polar surface area (TPSA) is 98.7 Å². The van der Waals surface area contributed by atoms with Crippen molar-refractivity contribution < 1.29 is 18.3 Å². The van der Waals surface area contributed by atoms with E-state index in [0.717, 1.165) is 30.0 Å². The lowest BCUT2D eigenvalue weighted by Gasteiger charge is -2.39. The predicted octanol–water partition coefficient (Wildman–Crippen LogP) is 4.51. The van der Waals surface area contributed by atoms with Gasteiger partial charge in [0.25, 0.3) is 0 Å². The molecule has 2 aromatic carbocycles. The molecule has 1 saturated heterocycles. The zero-order valence-electron chi connectivity index (χ0n) is 20.6. The van der Waals surface area contributed by atoms with Crippen molar-refractivity contribution in [3.05, 3.63) is 59.1 Å². The van der Waals surface area contributed by atoms with E-state index in [-0.39, 0.29) is 11.8 Å². The largest absolute Gasteiger partial charge is 0.385 e. The summed E-state index contributed by atoms with van der Waals surface area (Å²) in [7, 11) is -3.28. The Hall–Kier alpha value is -2.13. The third-order valence-electron chi connectivity index (χ3n) is 6.58. The van der Waals surface area contributed by atoms with Gasteiger partial charge < -0.3 is 15.3 Å². The summed E-state index contributed by atoms with van der Waals surface area (Å²) in [5.41, 5.74) is 1.82. The third-order valence-corrected chi connectivity index (χ3v) is 8.68. The third kappa shape index (κ3) is 7.67. The van der Waals surface area contributed by atoms with Crippen molar-refractivity contribution in [2.45, 2.75) is 57.3 Å². The van der Waals surface area contributed by atoms with Gasteiger partial charge in [-0.3, -0.25) is 4.79 Å². The van der Waals surface area contributed by atoms with Gasteiger partial charge in [-0.05, 0) is 81.0 Å². The van der Waals surface area contributed by atoms with Crippen LogP contribution in [0.1, 0.15) is 52.0 Å². The van der Waals surface area contributed by atoms with Crippen LogP contribution in [0.3, 0.4) is 0 Å². The van der Waals surface area contributed by atoms with Crippen LogP contribution in [-0.2, 0) is 20.4 Å². The molecule has 1 fully saturated rings. The molecule has 192 valence electrons. The maximum atomic E-state index is 12.4. The summed E-state index contributed by atoms with van der Waals surface area (Å²) >= 11 is 5.97. The van der Waals surface area contributed by atoms with Gasteiger partial charge in [0.15, 0.2) is 0 Å². The number of sulfonamides is 1. The van der Waals surface area contributed by atoms with E-state index < -0.39 is 20.9 Å².